The fourth-order valence-corrected chi connectivity index (χ4v) is 3.33. The second kappa shape index (κ2) is 7.15. The Hall–Kier alpha value is -0.540. The van der Waals surface area contributed by atoms with Gasteiger partial charge in [0, 0.05) is 7.11 Å². The molecule has 2 aliphatic rings. The van der Waals surface area contributed by atoms with Gasteiger partial charge in [0.25, 0.3) is 0 Å². The van der Waals surface area contributed by atoms with Crippen LogP contribution in [0.3, 0.4) is 0 Å². The molecule has 104 valence electrons. The lowest BCUT2D eigenvalue weighted by Crippen LogP contribution is -2.46. The number of allylic oxidation sites excluding steroid dienone is 1. The van der Waals surface area contributed by atoms with Crippen molar-refractivity contribution in [3.63, 3.8) is 0 Å². The Morgan fingerprint density at radius 2 is 2.06 bits per heavy atom. The van der Waals surface area contributed by atoms with E-state index in [0.29, 0.717) is 5.92 Å². The molecule has 2 atom stereocenters. The molecule has 3 heteroatoms. The Kier molecular flexibility index (Phi) is 5.51. The summed E-state index contributed by atoms with van der Waals surface area (Å²) in [6.45, 7) is 0.852. The van der Waals surface area contributed by atoms with Gasteiger partial charge in [-0.3, -0.25) is 0 Å². The summed E-state index contributed by atoms with van der Waals surface area (Å²) in [5.41, 5.74) is 0. The molecule has 0 aromatic rings. The number of hydrogen-bond donors (Lipinski definition) is 1. The van der Waals surface area contributed by atoms with Gasteiger partial charge in [0.05, 0.1) is 18.8 Å². The quantitative estimate of drug-likeness (QED) is 0.817. The van der Waals surface area contributed by atoms with Gasteiger partial charge in [-0.05, 0) is 44.7 Å². The van der Waals surface area contributed by atoms with Crippen LogP contribution in [0.1, 0.15) is 44.9 Å². The Morgan fingerprint density at radius 1 is 1.28 bits per heavy atom. The average Bonchev–Trinajstić information content (AvgIpc) is 2.46. The minimum atomic E-state index is 0.221. The molecule has 0 radical (unpaired) electrons. The molecule has 0 amide bonds. The first-order chi connectivity index (χ1) is 8.86. The first-order valence-corrected chi connectivity index (χ1v) is 7.39. The van der Waals surface area contributed by atoms with Crippen LogP contribution < -0.4 is 5.32 Å². The fraction of sp³-hybridized carbons (Fsp3) is 0.867. The zero-order valence-electron chi connectivity index (χ0n) is 11.8. The molecule has 0 aromatic carbocycles. The van der Waals surface area contributed by atoms with E-state index in [4.69, 9.17) is 9.47 Å². The van der Waals surface area contributed by atoms with Crippen LogP contribution in [0.25, 0.3) is 0 Å². The number of nitrogens with one attached hydrogen (secondary N) is 1. The van der Waals surface area contributed by atoms with Crippen LogP contribution in [-0.2, 0) is 9.47 Å². The topological polar surface area (TPSA) is 30.5 Å². The molecule has 18 heavy (non-hydrogen) atoms. The van der Waals surface area contributed by atoms with Gasteiger partial charge in [0.15, 0.2) is 0 Å². The summed E-state index contributed by atoms with van der Waals surface area (Å²) in [4.78, 5) is 0. The molecule has 1 aliphatic carbocycles. The lowest BCUT2D eigenvalue weighted by atomic mass is 9.82. The van der Waals surface area contributed by atoms with Gasteiger partial charge < -0.3 is 14.8 Å². The highest BCUT2D eigenvalue weighted by Crippen LogP contribution is 2.31. The highest BCUT2D eigenvalue weighted by molar-refractivity contribution is 5.09. The van der Waals surface area contributed by atoms with E-state index in [1.165, 1.54) is 32.1 Å². The van der Waals surface area contributed by atoms with Gasteiger partial charge in [-0.1, -0.05) is 19.3 Å². The SMILES string of the molecule is CNC(C1=CCCCO1)C(OC)C1CCCCC1. The van der Waals surface area contributed by atoms with Gasteiger partial charge in [-0.2, -0.15) is 0 Å². The average molecular weight is 253 g/mol. The minimum absolute atomic E-state index is 0.221. The summed E-state index contributed by atoms with van der Waals surface area (Å²) in [5.74, 6) is 1.77. The van der Waals surface area contributed by atoms with E-state index in [-0.39, 0.29) is 12.1 Å². The van der Waals surface area contributed by atoms with E-state index in [2.05, 4.69) is 11.4 Å². The normalized spacial score (nSPS) is 25.1. The zero-order chi connectivity index (χ0) is 12.8. The zero-order valence-corrected chi connectivity index (χ0v) is 11.8. The predicted molar refractivity (Wildman–Crippen MR) is 73.5 cm³/mol. The maximum absolute atomic E-state index is 5.82. The van der Waals surface area contributed by atoms with Crippen molar-refractivity contribution in [2.24, 2.45) is 5.92 Å². The second-order valence-corrected chi connectivity index (χ2v) is 5.46. The lowest BCUT2D eigenvalue weighted by molar-refractivity contribution is 0.00128. The molecular weight excluding hydrogens is 226 g/mol. The van der Waals surface area contributed by atoms with Crippen LogP contribution in [0, 0.1) is 5.92 Å². The van der Waals surface area contributed by atoms with Crippen LogP contribution in [0.15, 0.2) is 11.8 Å². The van der Waals surface area contributed by atoms with Crippen molar-refractivity contribution < 1.29 is 9.47 Å². The van der Waals surface area contributed by atoms with Crippen molar-refractivity contribution in [1.29, 1.82) is 0 Å². The third-order valence-corrected chi connectivity index (χ3v) is 4.30. The van der Waals surface area contributed by atoms with Crippen molar-refractivity contribution >= 4 is 0 Å². The van der Waals surface area contributed by atoms with Crippen molar-refractivity contribution in [2.45, 2.75) is 57.1 Å². The third kappa shape index (κ3) is 3.27. The number of methoxy groups -OCH3 is 1. The molecule has 1 N–H and O–H groups in total. The highest BCUT2D eigenvalue weighted by atomic mass is 16.5. The number of ether oxygens (including phenoxy) is 2. The van der Waals surface area contributed by atoms with Gasteiger partial charge in [0.1, 0.15) is 5.76 Å². The van der Waals surface area contributed by atoms with E-state index in [9.17, 15) is 0 Å². The Balaban J connectivity index is 2.04. The molecule has 2 rings (SSSR count). The largest absolute Gasteiger partial charge is 0.496 e. The molecule has 1 saturated carbocycles. The van der Waals surface area contributed by atoms with Gasteiger partial charge in [-0.25, -0.2) is 0 Å². The van der Waals surface area contributed by atoms with Crippen molar-refractivity contribution in [3.8, 4) is 0 Å². The Morgan fingerprint density at radius 3 is 2.61 bits per heavy atom. The van der Waals surface area contributed by atoms with Crippen molar-refractivity contribution in [2.75, 3.05) is 20.8 Å². The van der Waals surface area contributed by atoms with E-state index >= 15 is 0 Å². The molecule has 1 aliphatic heterocycles. The van der Waals surface area contributed by atoms with Crippen LogP contribution in [-0.4, -0.2) is 32.9 Å². The van der Waals surface area contributed by atoms with Gasteiger partial charge in [-0.15, -0.1) is 0 Å². The standard InChI is InChI=1S/C15H27NO2/c1-16-14(13-10-6-7-11-18-13)15(17-2)12-8-4-3-5-9-12/h10,12,14-16H,3-9,11H2,1-2H3. The molecule has 1 fully saturated rings. The molecule has 0 bridgehead atoms. The van der Waals surface area contributed by atoms with Crippen LogP contribution in [0.2, 0.25) is 0 Å². The summed E-state index contributed by atoms with van der Waals surface area (Å²) < 4.78 is 11.6. The third-order valence-electron chi connectivity index (χ3n) is 4.30. The van der Waals surface area contributed by atoms with E-state index in [0.717, 1.165) is 25.2 Å². The summed E-state index contributed by atoms with van der Waals surface area (Å²) >= 11 is 0. The Labute approximate surface area is 111 Å². The van der Waals surface area contributed by atoms with Crippen molar-refractivity contribution in [1.82, 2.24) is 5.32 Å². The fourth-order valence-electron chi connectivity index (χ4n) is 3.33. The maximum Gasteiger partial charge on any atom is 0.112 e. The van der Waals surface area contributed by atoms with Crippen molar-refractivity contribution in [3.05, 3.63) is 11.8 Å². The van der Waals surface area contributed by atoms with E-state index < -0.39 is 0 Å². The number of likely N-dealkylation sites (N-methyl/N-ethyl adjacent to an activating group) is 1. The van der Waals surface area contributed by atoms with Gasteiger partial charge >= 0.3 is 0 Å². The van der Waals surface area contributed by atoms with E-state index in [1.54, 1.807) is 0 Å². The van der Waals surface area contributed by atoms with Crippen LogP contribution in [0.4, 0.5) is 0 Å². The van der Waals surface area contributed by atoms with Crippen LogP contribution >= 0.6 is 0 Å². The number of rotatable bonds is 5. The first kappa shape index (κ1) is 13.9. The van der Waals surface area contributed by atoms with E-state index in [1.807, 2.05) is 14.2 Å². The molecule has 2 unspecified atom stereocenters. The molecule has 0 saturated heterocycles. The molecule has 0 spiro atoms. The summed E-state index contributed by atoms with van der Waals surface area (Å²) in [6, 6.07) is 0.221. The molecule has 3 nitrogen and oxygen atoms in total. The lowest BCUT2D eigenvalue weighted by Gasteiger charge is -2.36. The summed E-state index contributed by atoms with van der Waals surface area (Å²) in [7, 11) is 3.85. The minimum Gasteiger partial charge on any atom is -0.496 e. The highest BCUT2D eigenvalue weighted by Gasteiger charge is 2.33. The molecule has 1 heterocycles. The Bertz CT molecular complexity index is 272. The second-order valence-electron chi connectivity index (χ2n) is 5.46. The first-order valence-electron chi connectivity index (χ1n) is 7.39. The van der Waals surface area contributed by atoms with Crippen LogP contribution in [0.5, 0.6) is 0 Å². The van der Waals surface area contributed by atoms with Gasteiger partial charge in [0.2, 0.25) is 0 Å². The summed E-state index contributed by atoms with van der Waals surface area (Å²) in [5, 5.41) is 3.40. The smallest absolute Gasteiger partial charge is 0.112 e. The maximum atomic E-state index is 5.82. The monoisotopic (exact) mass is 253 g/mol. The molecular formula is C15H27NO2. The molecule has 0 aromatic heterocycles. The number of hydrogen-bond acceptors (Lipinski definition) is 3. The summed E-state index contributed by atoms with van der Waals surface area (Å²) in [6.07, 6.45) is 11.4. The predicted octanol–water partition coefficient (Wildman–Crippen LogP) is 2.86.